The highest BCUT2D eigenvalue weighted by Gasteiger charge is 2.12. The molecule has 2 aromatic rings. The molecule has 0 amide bonds. The molecule has 3 nitrogen and oxygen atoms in total. The molecule has 0 spiro atoms. The van der Waals surface area contributed by atoms with E-state index in [1.54, 1.807) is 0 Å². The maximum atomic E-state index is 6.16. The summed E-state index contributed by atoms with van der Waals surface area (Å²) >= 11 is 6.16. The monoisotopic (exact) mass is 246 g/mol. The number of rotatable bonds is 1. The van der Waals surface area contributed by atoms with E-state index in [1.807, 2.05) is 36.5 Å². The lowest BCUT2D eigenvalue weighted by Crippen LogP contribution is -2.18. The number of benzene rings is 1. The number of nitrogens with zero attached hydrogens (tertiary/aromatic N) is 1. The van der Waals surface area contributed by atoms with Gasteiger partial charge in [0.2, 0.25) is 0 Å². The van der Waals surface area contributed by atoms with Gasteiger partial charge in [0.25, 0.3) is 0 Å². The van der Waals surface area contributed by atoms with E-state index in [-0.39, 0.29) is 0 Å². The Bertz CT molecular complexity index is 557. The highest BCUT2D eigenvalue weighted by molar-refractivity contribution is 6.33. The van der Waals surface area contributed by atoms with Crippen molar-refractivity contribution in [3.05, 3.63) is 41.6 Å². The summed E-state index contributed by atoms with van der Waals surface area (Å²) in [5, 5.41) is 3.91. The van der Waals surface area contributed by atoms with E-state index in [2.05, 4.69) is 10.3 Å². The van der Waals surface area contributed by atoms with E-state index in [0.29, 0.717) is 6.61 Å². The number of ether oxygens (including phenoxy) is 1. The topological polar surface area (TPSA) is 34.1 Å². The molecule has 0 atom stereocenters. The Morgan fingerprint density at radius 3 is 3.06 bits per heavy atom. The Morgan fingerprint density at radius 2 is 2.18 bits per heavy atom. The van der Waals surface area contributed by atoms with E-state index >= 15 is 0 Å². The quantitative estimate of drug-likeness (QED) is 0.839. The smallest absolute Gasteiger partial charge is 0.168 e. The molecular weight excluding hydrogens is 236 g/mol. The fraction of sp³-hybridized carbons (Fsp3) is 0.154. The van der Waals surface area contributed by atoms with Crippen LogP contribution >= 0.6 is 11.6 Å². The van der Waals surface area contributed by atoms with Gasteiger partial charge < -0.3 is 10.1 Å². The zero-order chi connectivity index (χ0) is 11.7. The molecule has 4 heteroatoms. The number of hydrogen-bond donors (Lipinski definition) is 1. The number of fused-ring (bicyclic) bond motifs is 1. The summed E-state index contributed by atoms with van der Waals surface area (Å²) in [5.74, 6) is 1.58. The average Bonchev–Trinajstić information content (AvgIpc) is 2.39. The number of halogens is 1. The third-order valence-corrected chi connectivity index (χ3v) is 3.02. The standard InChI is InChI=1S/C13H11ClN2O/c14-11-4-2-1-3-10(11)9-7-12-13(16-8-9)15-5-6-17-12/h1-4,7-8H,5-6H2,(H,15,16). The Labute approximate surface area is 104 Å². The Morgan fingerprint density at radius 1 is 1.29 bits per heavy atom. The molecule has 1 aliphatic rings. The van der Waals surface area contributed by atoms with Gasteiger partial charge in [0, 0.05) is 22.3 Å². The van der Waals surface area contributed by atoms with Gasteiger partial charge in [-0.05, 0) is 12.1 Å². The molecule has 3 rings (SSSR count). The minimum absolute atomic E-state index is 0.667. The van der Waals surface area contributed by atoms with Crippen molar-refractivity contribution in [3.63, 3.8) is 0 Å². The number of hydrogen-bond acceptors (Lipinski definition) is 3. The second-order valence-corrected chi connectivity index (χ2v) is 4.23. The molecule has 0 aliphatic carbocycles. The zero-order valence-corrected chi connectivity index (χ0v) is 9.87. The highest BCUT2D eigenvalue weighted by atomic mass is 35.5. The molecule has 17 heavy (non-hydrogen) atoms. The highest BCUT2D eigenvalue weighted by Crippen LogP contribution is 2.33. The molecule has 0 saturated heterocycles. The number of aromatic nitrogens is 1. The molecule has 0 saturated carbocycles. The van der Waals surface area contributed by atoms with Gasteiger partial charge in [0.1, 0.15) is 6.61 Å². The summed E-state index contributed by atoms with van der Waals surface area (Å²) in [6.45, 7) is 1.46. The van der Waals surface area contributed by atoms with Crippen molar-refractivity contribution in [3.8, 4) is 16.9 Å². The Kier molecular flexibility index (Phi) is 2.61. The predicted molar refractivity (Wildman–Crippen MR) is 68.7 cm³/mol. The molecule has 1 aliphatic heterocycles. The van der Waals surface area contributed by atoms with Crippen LogP contribution in [0, 0.1) is 0 Å². The number of anilines is 1. The molecule has 0 bridgehead atoms. The Hall–Kier alpha value is -1.74. The van der Waals surface area contributed by atoms with E-state index in [0.717, 1.165) is 34.3 Å². The first-order chi connectivity index (χ1) is 8.34. The number of nitrogens with one attached hydrogen (secondary N) is 1. The second kappa shape index (κ2) is 4.26. The van der Waals surface area contributed by atoms with Crippen LogP contribution in [0.15, 0.2) is 36.5 Å². The average molecular weight is 247 g/mol. The van der Waals surface area contributed by atoms with Gasteiger partial charge >= 0.3 is 0 Å². The molecular formula is C13H11ClN2O. The van der Waals surface area contributed by atoms with Crippen molar-refractivity contribution in [2.24, 2.45) is 0 Å². The van der Waals surface area contributed by atoms with Gasteiger partial charge in [0.15, 0.2) is 11.6 Å². The summed E-state index contributed by atoms with van der Waals surface area (Å²) in [4.78, 5) is 4.34. The van der Waals surface area contributed by atoms with E-state index in [4.69, 9.17) is 16.3 Å². The van der Waals surface area contributed by atoms with E-state index < -0.39 is 0 Å². The summed E-state index contributed by atoms with van der Waals surface area (Å²) in [6, 6.07) is 9.68. The molecule has 86 valence electrons. The van der Waals surface area contributed by atoms with Crippen LogP contribution in [0.4, 0.5) is 5.82 Å². The van der Waals surface area contributed by atoms with Crippen LogP contribution in [0.2, 0.25) is 5.02 Å². The molecule has 0 radical (unpaired) electrons. The maximum Gasteiger partial charge on any atom is 0.168 e. The minimum Gasteiger partial charge on any atom is -0.488 e. The molecule has 1 N–H and O–H groups in total. The lowest BCUT2D eigenvalue weighted by atomic mass is 10.1. The van der Waals surface area contributed by atoms with Crippen molar-refractivity contribution >= 4 is 17.4 Å². The Balaban J connectivity index is 2.07. The van der Waals surface area contributed by atoms with Gasteiger partial charge in [-0.2, -0.15) is 0 Å². The van der Waals surface area contributed by atoms with Crippen LogP contribution < -0.4 is 10.1 Å². The van der Waals surface area contributed by atoms with Gasteiger partial charge in [-0.1, -0.05) is 29.8 Å². The van der Waals surface area contributed by atoms with E-state index in [1.165, 1.54) is 0 Å². The summed E-state index contributed by atoms with van der Waals surface area (Å²) in [6.07, 6.45) is 1.81. The summed E-state index contributed by atoms with van der Waals surface area (Å²) in [7, 11) is 0. The van der Waals surface area contributed by atoms with Crippen molar-refractivity contribution in [1.29, 1.82) is 0 Å². The third kappa shape index (κ3) is 1.94. The van der Waals surface area contributed by atoms with Crippen molar-refractivity contribution in [1.82, 2.24) is 4.98 Å². The maximum absolute atomic E-state index is 6.16. The molecule has 0 unspecified atom stereocenters. The first-order valence-electron chi connectivity index (χ1n) is 5.46. The van der Waals surface area contributed by atoms with E-state index in [9.17, 15) is 0 Å². The fourth-order valence-electron chi connectivity index (χ4n) is 1.86. The molecule has 2 heterocycles. The van der Waals surface area contributed by atoms with Crippen LogP contribution in [-0.4, -0.2) is 18.1 Å². The zero-order valence-electron chi connectivity index (χ0n) is 9.11. The van der Waals surface area contributed by atoms with Crippen molar-refractivity contribution in [2.45, 2.75) is 0 Å². The number of pyridine rings is 1. The van der Waals surface area contributed by atoms with Crippen molar-refractivity contribution < 1.29 is 4.74 Å². The fourth-order valence-corrected chi connectivity index (χ4v) is 2.11. The van der Waals surface area contributed by atoms with Crippen LogP contribution in [0.5, 0.6) is 5.75 Å². The first kappa shape index (κ1) is 10.4. The lowest BCUT2D eigenvalue weighted by molar-refractivity contribution is 0.321. The van der Waals surface area contributed by atoms with Gasteiger partial charge in [-0.15, -0.1) is 0 Å². The molecule has 1 aromatic carbocycles. The largest absolute Gasteiger partial charge is 0.488 e. The lowest BCUT2D eigenvalue weighted by Gasteiger charge is -2.18. The van der Waals surface area contributed by atoms with Crippen LogP contribution in [0.1, 0.15) is 0 Å². The minimum atomic E-state index is 0.667. The van der Waals surface area contributed by atoms with Crippen LogP contribution in [0.25, 0.3) is 11.1 Å². The summed E-state index contributed by atoms with van der Waals surface area (Å²) in [5.41, 5.74) is 1.94. The van der Waals surface area contributed by atoms with Gasteiger partial charge in [0.05, 0.1) is 6.54 Å². The summed E-state index contributed by atoms with van der Waals surface area (Å²) < 4.78 is 5.56. The molecule has 1 aromatic heterocycles. The first-order valence-corrected chi connectivity index (χ1v) is 5.84. The second-order valence-electron chi connectivity index (χ2n) is 3.83. The SMILES string of the molecule is Clc1ccccc1-c1cnc2c(c1)OCCN2. The van der Waals surface area contributed by atoms with Crippen LogP contribution in [-0.2, 0) is 0 Å². The third-order valence-electron chi connectivity index (χ3n) is 2.69. The van der Waals surface area contributed by atoms with Crippen molar-refractivity contribution in [2.75, 3.05) is 18.5 Å². The van der Waals surface area contributed by atoms with Gasteiger partial charge in [-0.3, -0.25) is 0 Å². The molecule has 0 fully saturated rings. The normalized spacial score (nSPS) is 13.5. The van der Waals surface area contributed by atoms with Crippen LogP contribution in [0.3, 0.4) is 0 Å². The predicted octanol–water partition coefficient (Wildman–Crippen LogP) is 3.21. The van der Waals surface area contributed by atoms with Gasteiger partial charge in [-0.25, -0.2) is 4.98 Å².